The molecule has 29 atom stereocenters. The van der Waals surface area contributed by atoms with Crippen molar-refractivity contribution in [3.63, 3.8) is 0 Å². The van der Waals surface area contributed by atoms with Gasteiger partial charge in [-0.2, -0.15) is 9.97 Å². The van der Waals surface area contributed by atoms with Crippen LogP contribution in [-0.4, -0.2) is 252 Å². The number of nitrogens with zero attached hydrogens (tertiary/aromatic N) is 18. The Morgan fingerprint density at radius 3 is 1.16 bits per heavy atom. The van der Waals surface area contributed by atoms with Crippen molar-refractivity contribution in [3.8, 4) is 0 Å². The molecule has 19 N–H and O–H groups in total. The van der Waals surface area contributed by atoms with Gasteiger partial charge in [0, 0.05) is 66.6 Å². The van der Waals surface area contributed by atoms with Gasteiger partial charge in [0.25, 0.3) is 11.1 Å². The number of anilines is 5. The van der Waals surface area contributed by atoms with Crippen molar-refractivity contribution >= 4 is 185 Å². The molecule has 10 aromatic heterocycles. The van der Waals surface area contributed by atoms with Gasteiger partial charge >= 0.3 is 51.7 Å². The lowest BCUT2D eigenvalue weighted by atomic mass is 10.0. The van der Waals surface area contributed by atoms with Crippen LogP contribution in [0.4, 0.5) is 29.2 Å². The molecule has 0 aromatic carbocycles. The van der Waals surface area contributed by atoms with Crippen LogP contribution in [0.2, 0.25) is 0 Å². The highest BCUT2D eigenvalue weighted by Gasteiger charge is 2.55. The Kier molecular flexibility index (Phi) is 28.9. The predicted octanol–water partition coefficient (Wildman–Crippen LogP) is 1.26. The Labute approximate surface area is 774 Å². The average molecular weight is 2070 g/mol. The van der Waals surface area contributed by atoms with E-state index in [1.165, 1.54) is 84.4 Å². The van der Waals surface area contributed by atoms with Crippen LogP contribution in [0.5, 0.6) is 0 Å². The monoisotopic (exact) mass is 2070 g/mol. The van der Waals surface area contributed by atoms with Crippen molar-refractivity contribution in [2.45, 2.75) is 166 Å². The second-order valence-electron chi connectivity index (χ2n) is 31.6. The zero-order chi connectivity index (χ0) is 94.7. The minimum absolute atomic E-state index is 0.0122. The fourth-order valence-electron chi connectivity index (χ4n) is 16.5. The van der Waals surface area contributed by atoms with Crippen molar-refractivity contribution in [2.75, 3.05) is 75.4 Å². The molecular formula is C66H89N25O29P6S6. The Morgan fingerprint density at radius 1 is 0.402 bits per heavy atom. The summed E-state index contributed by atoms with van der Waals surface area (Å²) in [6.45, 7) is -19.9. The number of aromatic amines is 2. The molecule has 0 amide bonds. The van der Waals surface area contributed by atoms with E-state index >= 15 is 0 Å². The number of hydrogen-bond acceptors (Lipinski definition) is 46. The molecule has 16 heterocycles. The van der Waals surface area contributed by atoms with E-state index in [2.05, 4.69) is 69.8 Å². The first-order valence-corrected chi connectivity index (χ1v) is 55.4. The van der Waals surface area contributed by atoms with Crippen LogP contribution in [0.3, 0.4) is 0 Å². The summed E-state index contributed by atoms with van der Waals surface area (Å²) in [7, 11) is 1.17. The lowest BCUT2D eigenvalue weighted by Crippen LogP contribution is -2.36. The third-order valence-corrected chi connectivity index (χ3v) is 32.5. The minimum atomic E-state index is -4.74. The Hall–Kier alpha value is -6.54. The third kappa shape index (κ3) is 20.5. The van der Waals surface area contributed by atoms with Gasteiger partial charge in [-0.25, -0.2) is 59.4 Å². The SMILES string of the molecule is COP(O)(=S)OC1C[C@H](n2cnc3c(N)ncnc32)O[C@@H]1COP(O)(=S)OC1[C@@H](COP(O)(=S)OC2[C@@H](COP(O)(=S)OC3[C@@H](COP(O)(=S)OC4[C@@H](COP(O)(=S)OC5[C@@H](CO)O[C@@H](n6cc(C)c(=O)[nH]c6=O)[C@H]5C)O[C@@H](n5cnc6c(=O)[nH]c(N)nc65)[C@H]4C)O[C@@H](n4cc(C)c(N)nc4=O)[C@H]3C)O[C@@H](n3cnc4c(N)ncnc43)[C@H]2C)O[C@@H](n2cnc3c(N)ncnc32)[C@H]1C. The van der Waals surface area contributed by atoms with E-state index < -0.39 is 243 Å². The fraction of sp³-hybridized carbons (Fsp3) is 0.576. The van der Waals surface area contributed by atoms with Crippen molar-refractivity contribution in [2.24, 2.45) is 29.6 Å². The highest BCUT2D eigenvalue weighted by atomic mass is 32.5. The molecule has 0 radical (unpaired) electrons. The Morgan fingerprint density at radius 2 is 0.750 bits per heavy atom. The largest absolute Gasteiger partial charge is 0.394 e. The molecule has 0 aliphatic carbocycles. The Bertz CT molecular complexity index is 6610. The van der Waals surface area contributed by atoms with Gasteiger partial charge < -0.3 is 146 Å². The van der Waals surface area contributed by atoms with Crippen molar-refractivity contribution in [3.05, 3.63) is 109 Å². The zero-order valence-corrected chi connectivity index (χ0v) is 80.4. The summed E-state index contributed by atoms with van der Waals surface area (Å²) in [6.07, 6.45) is -10.9. The number of hydrogen-bond donors (Lipinski definition) is 14. The molecule has 6 saturated heterocycles. The number of aliphatic hydroxyl groups excluding tert-OH is 1. The molecule has 718 valence electrons. The number of aryl methyl sites for hydroxylation is 2. The minimum Gasteiger partial charge on any atom is -0.394 e. The summed E-state index contributed by atoms with van der Waals surface area (Å²) >= 11 is 33.9. The van der Waals surface area contributed by atoms with Crippen LogP contribution in [-0.2, 0) is 154 Å². The Balaban J connectivity index is 0.636. The van der Waals surface area contributed by atoms with Crippen molar-refractivity contribution < 1.29 is 117 Å². The van der Waals surface area contributed by atoms with Crippen LogP contribution < -0.4 is 51.2 Å². The molecular weight excluding hydrogens is 1990 g/mol. The van der Waals surface area contributed by atoms with E-state index in [1.807, 2.05) is 0 Å². The summed E-state index contributed by atoms with van der Waals surface area (Å²) in [6, 6.07) is 0. The normalized spacial score (nSPS) is 31.5. The molecule has 6 aliphatic heterocycles. The number of nitrogens with one attached hydrogen (secondary N) is 2. The average Bonchev–Trinajstić information content (AvgIpc) is 1.61. The van der Waals surface area contributed by atoms with Crippen LogP contribution in [0.1, 0.15) is 89.5 Å². The van der Waals surface area contributed by atoms with E-state index in [1.54, 1.807) is 46.1 Å². The first kappa shape index (κ1) is 98.5. The fourth-order valence-corrected chi connectivity index (χ4v) is 25.0. The summed E-state index contributed by atoms with van der Waals surface area (Å²) in [5.74, 6) is -4.80. The second kappa shape index (κ2) is 38.7. The van der Waals surface area contributed by atoms with Crippen molar-refractivity contribution in [1.29, 1.82) is 0 Å². The number of H-pyrrole nitrogens is 2. The number of nitrogen functional groups attached to an aromatic ring is 5. The number of rotatable bonds is 35. The quantitative estimate of drug-likeness (QED) is 0.0249. The molecule has 0 spiro atoms. The van der Waals surface area contributed by atoms with Gasteiger partial charge in [0.15, 0.2) is 45.6 Å². The molecule has 66 heteroatoms. The summed E-state index contributed by atoms with van der Waals surface area (Å²) in [5.41, 5.74) is 29.3. The maximum absolute atomic E-state index is 13.8. The first-order chi connectivity index (χ1) is 62.3. The zero-order valence-electron chi connectivity index (χ0n) is 70.1. The van der Waals surface area contributed by atoms with E-state index in [0.717, 1.165) is 9.13 Å². The smallest absolute Gasteiger partial charge is 0.351 e. The van der Waals surface area contributed by atoms with Gasteiger partial charge in [-0.1, -0.05) is 34.6 Å². The van der Waals surface area contributed by atoms with Gasteiger partial charge in [-0.05, 0) is 84.7 Å². The molecule has 0 saturated carbocycles. The highest BCUT2D eigenvalue weighted by molar-refractivity contribution is 8.08. The lowest BCUT2D eigenvalue weighted by Gasteiger charge is -2.30. The molecule has 6 aliphatic rings. The number of nitrogens with two attached hydrogens (primary N) is 5. The highest BCUT2D eigenvalue weighted by Crippen LogP contribution is 2.60. The molecule has 0 bridgehead atoms. The van der Waals surface area contributed by atoms with E-state index in [-0.39, 0.29) is 80.2 Å². The van der Waals surface area contributed by atoms with E-state index in [0.29, 0.717) is 11.2 Å². The number of aliphatic hydroxyl groups is 1. The van der Waals surface area contributed by atoms with E-state index in [9.17, 15) is 53.6 Å². The standard InChI is InChI=1S/C66H89N25O29P6S6/c1-25-10-86(65(95)82-49(25)67)60-28(4)45(35(111-60)14-106-125(101,131)120-48-31(7)63(91-24-81-43-56(91)83-64(71)84-58(43)94)114-38(48)17-105-123(99,129)116-44-27(3)59(110-33(44)12-92)87-11-26(2)57(93)85-66(87)96)117-124(100,130)107-16-37-47(30(6)62(113-37)90-23-80-42-52(70)74-20-77-55(42)90)119-126(102,132)108-15-36-46(29(5)61(112-36)89-22-79-41-51(69)73-19-76-54(41)89)118-122(98,128)104-13-34-32(115-121(97,127)103-8)9-39(109-34)88-21-78-40-50(68)72-18-75-53(40)88/h10-11,18-24,27-39,44-48,59-63,92H,9,12-17H2,1-8H3,(H,97,127)(H,98,128)(H,99,129)(H,100,130)(H,101,131)(H,102,132)(H2,67,82,95)(H2,68,72,75)(H2,69,73,76)(H2,70,74,77)(H,85,93,96)(H3,71,83,84,94)/t27-,28-,29-,30-,31-,32?,33+,34+,35+,36+,37+,38+,39+,44?,45?,46?,47?,48?,59+,60+,61+,62+,63+,121?,122?,123?,124?,125?,126?/m0/s1. The molecule has 6 fully saturated rings. The van der Waals surface area contributed by atoms with Gasteiger partial charge in [0.1, 0.15) is 146 Å². The summed E-state index contributed by atoms with van der Waals surface area (Å²) in [5, 5.41) is 10.5. The van der Waals surface area contributed by atoms with Gasteiger partial charge in [-0.3, -0.25) is 47.0 Å². The third-order valence-electron chi connectivity index (χ3n) is 23.0. The number of imidazole rings is 4. The number of aromatic nitrogens is 20. The summed E-state index contributed by atoms with van der Waals surface area (Å²) < 4.78 is 120. The van der Waals surface area contributed by atoms with Crippen LogP contribution in [0.25, 0.3) is 44.7 Å². The number of ether oxygens (including phenoxy) is 6. The number of fused-ring (bicyclic) bond motifs is 4. The van der Waals surface area contributed by atoms with Gasteiger partial charge in [0.05, 0.1) is 71.1 Å². The maximum atomic E-state index is 13.8. The van der Waals surface area contributed by atoms with Crippen LogP contribution in [0, 0.1) is 43.4 Å². The van der Waals surface area contributed by atoms with Crippen molar-refractivity contribution in [1.82, 2.24) is 97.2 Å². The van der Waals surface area contributed by atoms with Gasteiger partial charge in [-0.15, -0.1) is 0 Å². The predicted molar refractivity (Wildman–Crippen MR) is 481 cm³/mol. The van der Waals surface area contributed by atoms with E-state index in [4.69, 9.17) is 182 Å². The van der Waals surface area contributed by atoms with Crippen LogP contribution >= 0.6 is 40.3 Å². The molecule has 12 unspecified atom stereocenters. The van der Waals surface area contributed by atoms with Gasteiger partial charge in [0.2, 0.25) is 5.95 Å². The van der Waals surface area contributed by atoms with Crippen LogP contribution in [0.15, 0.2) is 75.9 Å². The maximum Gasteiger partial charge on any atom is 0.351 e. The molecule has 10 aromatic rings. The lowest BCUT2D eigenvalue weighted by molar-refractivity contribution is -0.0574. The second-order valence-corrected chi connectivity index (χ2v) is 48.5. The molecule has 54 nitrogen and oxygen atoms in total. The first-order valence-electron chi connectivity index (χ1n) is 39.9. The molecule has 16 rings (SSSR count). The molecule has 132 heavy (non-hydrogen) atoms. The summed E-state index contributed by atoms with van der Waals surface area (Å²) in [4.78, 5) is 180. The topological polar surface area (TPSA) is 722 Å².